The molecule has 0 unspecified atom stereocenters. The lowest BCUT2D eigenvalue weighted by molar-refractivity contribution is 0.163. The number of rotatable bonds is 11. The molecule has 1 aromatic carbocycles. The Hall–Kier alpha value is -1.79. The second-order valence-electron chi connectivity index (χ2n) is 5.55. The van der Waals surface area contributed by atoms with Crippen LogP contribution in [0, 0.1) is 0 Å². The molecule has 0 saturated carbocycles. The molecule has 0 aliphatic rings. The SMILES string of the molecule is CCNC(=NCCN(C)CCOC)NCCc1ccccc1OC. The van der Waals surface area contributed by atoms with Crippen LogP contribution in [0.25, 0.3) is 0 Å². The van der Waals surface area contributed by atoms with E-state index < -0.39 is 0 Å². The molecule has 0 aromatic heterocycles. The predicted octanol–water partition coefficient (Wildman–Crippen LogP) is 1.37. The zero-order valence-corrected chi connectivity index (χ0v) is 15.5. The fourth-order valence-corrected chi connectivity index (χ4v) is 2.26. The first-order valence-corrected chi connectivity index (χ1v) is 8.52. The molecule has 0 heterocycles. The van der Waals surface area contributed by atoms with Gasteiger partial charge in [0.15, 0.2) is 5.96 Å². The van der Waals surface area contributed by atoms with Crippen molar-refractivity contribution in [2.75, 3.05) is 60.6 Å². The van der Waals surface area contributed by atoms with Crippen molar-refractivity contribution in [1.82, 2.24) is 15.5 Å². The van der Waals surface area contributed by atoms with Gasteiger partial charge in [0.2, 0.25) is 0 Å². The number of ether oxygens (including phenoxy) is 2. The summed E-state index contributed by atoms with van der Waals surface area (Å²) in [6.07, 6.45) is 0.891. The minimum atomic E-state index is 0.747. The second kappa shape index (κ2) is 12.6. The molecular weight excluding hydrogens is 304 g/mol. The molecule has 136 valence electrons. The molecule has 0 fully saturated rings. The van der Waals surface area contributed by atoms with Crippen molar-refractivity contribution in [1.29, 1.82) is 0 Å². The summed E-state index contributed by atoms with van der Waals surface area (Å²) in [7, 11) is 5.51. The molecule has 6 nitrogen and oxygen atoms in total. The zero-order chi connectivity index (χ0) is 17.6. The van der Waals surface area contributed by atoms with Crippen LogP contribution in [0.15, 0.2) is 29.3 Å². The van der Waals surface area contributed by atoms with Crippen LogP contribution in [0.2, 0.25) is 0 Å². The first-order chi connectivity index (χ1) is 11.7. The van der Waals surface area contributed by atoms with E-state index in [-0.39, 0.29) is 0 Å². The van der Waals surface area contributed by atoms with E-state index in [0.29, 0.717) is 0 Å². The highest BCUT2D eigenvalue weighted by atomic mass is 16.5. The van der Waals surface area contributed by atoms with E-state index in [1.807, 2.05) is 18.2 Å². The molecule has 0 bridgehead atoms. The molecule has 1 aromatic rings. The summed E-state index contributed by atoms with van der Waals surface area (Å²) in [5.41, 5.74) is 1.20. The molecular formula is C18H32N4O2. The maximum atomic E-state index is 5.38. The summed E-state index contributed by atoms with van der Waals surface area (Å²) in [5, 5.41) is 6.66. The van der Waals surface area contributed by atoms with Crippen LogP contribution in [-0.2, 0) is 11.2 Å². The predicted molar refractivity (Wildman–Crippen MR) is 100 cm³/mol. The highest BCUT2D eigenvalue weighted by Gasteiger charge is 2.03. The van der Waals surface area contributed by atoms with Gasteiger partial charge in [-0.05, 0) is 32.0 Å². The van der Waals surface area contributed by atoms with Crippen LogP contribution < -0.4 is 15.4 Å². The molecule has 0 saturated heterocycles. The number of para-hydroxylation sites is 1. The van der Waals surface area contributed by atoms with E-state index in [9.17, 15) is 0 Å². The Morgan fingerprint density at radius 1 is 1.17 bits per heavy atom. The average Bonchev–Trinajstić information content (AvgIpc) is 2.60. The van der Waals surface area contributed by atoms with Crippen LogP contribution in [-0.4, -0.2) is 71.5 Å². The zero-order valence-electron chi connectivity index (χ0n) is 15.5. The van der Waals surface area contributed by atoms with Crippen LogP contribution in [0.3, 0.4) is 0 Å². The Labute approximate surface area is 146 Å². The summed E-state index contributed by atoms with van der Waals surface area (Å²) in [4.78, 5) is 6.83. The number of benzene rings is 1. The Bertz CT molecular complexity index is 480. The monoisotopic (exact) mass is 336 g/mol. The number of hydrogen-bond acceptors (Lipinski definition) is 4. The van der Waals surface area contributed by atoms with Gasteiger partial charge < -0.3 is 25.0 Å². The minimum absolute atomic E-state index is 0.747. The second-order valence-corrected chi connectivity index (χ2v) is 5.55. The molecule has 24 heavy (non-hydrogen) atoms. The van der Waals surface area contributed by atoms with Crippen molar-refractivity contribution in [2.45, 2.75) is 13.3 Å². The molecule has 2 N–H and O–H groups in total. The van der Waals surface area contributed by atoms with Gasteiger partial charge in [-0.25, -0.2) is 0 Å². The highest BCUT2D eigenvalue weighted by Crippen LogP contribution is 2.17. The smallest absolute Gasteiger partial charge is 0.191 e. The Balaban J connectivity index is 2.40. The quantitative estimate of drug-likeness (QED) is 0.472. The third kappa shape index (κ3) is 8.17. The van der Waals surface area contributed by atoms with Gasteiger partial charge in [0.05, 0.1) is 20.3 Å². The Morgan fingerprint density at radius 3 is 2.67 bits per heavy atom. The molecule has 1 rings (SSSR count). The van der Waals surface area contributed by atoms with E-state index >= 15 is 0 Å². The van der Waals surface area contributed by atoms with E-state index in [0.717, 1.165) is 57.5 Å². The maximum absolute atomic E-state index is 5.38. The van der Waals surface area contributed by atoms with Gasteiger partial charge in [-0.1, -0.05) is 18.2 Å². The fourth-order valence-electron chi connectivity index (χ4n) is 2.26. The van der Waals surface area contributed by atoms with Crippen LogP contribution in [0.4, 0.5) is 0 Å². The number of likely N-dealkylation sites (N-methyl/N-ethyl adjacent to an activating group) is 1. The first-order valence-electron chi connectivity index (χ1n) is 8.52. The average molecular weight is 336 g/mol. The van der Waals surface area contributed by atoms with Crippen molar-refractivity contribution in [3.63, 3.8) is 0 Å². The van der Waals surface area contributed by atoms with Crippen LogP contribution in [0.5, 0.6) is 5.75 Å². The van der Waals surface area contributed by atoms with Crippen molar-refractivity contribution in [3.8, 4) is 5.75 Å². The normalized spacial score (nSPS) is 11.6. The Morgan fingerprint density at radius 2 is 1.96 bits per heavy atom. The molecule has 0 spiro atoms. The summed E-state index contributed by atoms with van der Waals surface area (Å²) < 4.78 is 10.5. The van der Waals surface area contributed by atoms with Crippen LogP contribution in [0.1, 0.15) is 12.5 Å². The van der Waals surface area contributed by atoms with Gasteiger partial charge in [-0.15, -0.1) is 0 Å². The Kier molecular flexibility index (Phi) is 10.6. The molecule has 0 aliphatic heterocycles. The molecule has 0 amide bonds. The van der Waals surface area contributed by atoms with Gasteiger partial charge in [0, 0.05) is 33.3 Å². The fraction of sp³-hybridized carbons (Fsp3) is 0.611. The van der Waals surface area contributed by atoms with Crippen molar-refractivity contribution in [2.24, 2.45) is 4.99 Å². The molecule has 0 aliphatic carbocycles. The standard InChI is InChI=1S/C18H32N4O2/c1-5-19-18(21-12-13-22(2)14-15-23-3)20-11-10-16-8-6-7-9-17(16)24-4/h6-9H,5,10-15H2,1-4H3,(H2,19,20,21). The molecule has 0 radical (unpaired) electrons. The van der Waals surface area contributed by atoms with E-state index in [1.165, 1.54) is 5.56 Å². The number of nitrogens with one attached hydrogen (secondary N) is 2. The summed E-state index contributed by atoms with van der Waals surface area (Å²) in [6, 6.07) is 8.11. The number of guanidine groups is 1. The number of nitrogens with zero attached hydrogens (tertiary/aromatic N) is 2. The lowest BCUT2D eigenvalue weighted by Gasteiger charge is -2.16. The number of hydrogen-bond donors (Lipinski definition) is 2. The summed E-state index contributed by atoms with van der Waals surface area (Å²) in [6.45, 7) is 7.06. The molecule has 0 atom stereocenters. The van der Waals surface area contributed by atoms with Gasteiger partial charge in [0.1, 0.15) is 5.75 Å². The van der Waals surface area contributed by atoms with E-state index in [4.69, 9.17) is 9.47 Å². The molecule has 6 heteroatoms. The largest absolute Gasteiger partial charge is 0.496 e. The highest BCUT2D eigenvalue weighted by molar-refractivity contribution is 5.79. The van der Waals surface area contributed by atoms with Crippen molar-refractivity contribution >= 4 is 5.96 Å². The van der Waals surface area contributed by atoms with Gasteiger partial charge in [0.25, 0.3) is 0 Å². The first kappa shape index (κ1) is 20.3. The lowest BCUT2D eigenvalue weighted by atomic mass is 10.1. The van der Waals surface area contributed by atoms with Gasteiger partial charge >= 0.3 is 0 Å². The van der Waals surface area contributed by atoms with Gasteiger partial charge in [-0.3, -0.25) is 4.99 Å². The van der Waals surface area contributed by atoms with Gasteiger partial charge in [-0.2, -0.15) is 0 Å². The van der Waals surface area contributed by atoms with E-state index in [2.05, 4.69) is 40.6 Å². The summed E-state index contributed by atoms with van der Waals surface area (Å²) in [5.74, 6) is 1.79. The third-order valence-electron chi connectivity index (χ3n) is 3.65. The third-order valence-corrected chi connectivity index (χ3v) is 3.65. The number of methoxy groups -OCH3 is 2. The van der Waals surface area contributed by atoms with E-state index in [1.54, 1.807) is 14.2 Å². The lowest BCUT2D eigenvalue weighted by Crippen LogP contribution is -2.39. The topological polar surface area (TPSA) is 58.1 Å². The van der Waals surface area contributed by atoms with Crippen molar-refractivity contribution < 1.29 is 9.47 Å². The number of aliphatic imine (C=N–C) groups is 1. The summed E-state index contributed by atoms with van der Waals surface area (Å²) >= 11 is 0. The minimum Gasteiger partial charge on any atom is -0.496 e. The van der Waals surface area contributed by atoms with Crippen LogP contribution >= 0.6 is 0 Å². The maximum Gasteiger partial charge on any atom is 0.191 e. The van der Waals surface area contributed by atoms with Crippen molar-refractivity contribution in [3.05, 3.63) is 29.8 Å².